The SMILES string of the molecule is CCOC(=O)c1sc(C(C)NC(=NC)NCc2ccn[nH]2)nc1C.I. The van der Waals surface area contributed by atoms with Crippen LogP contribution in [0, 0.1) is 6.92 Å². The second kappa shape index (κ2) is 10.3. The van der Waals surface area contributed by atoms with Crippen molar-refractivity contribution in [3.05, 3.63) is 33.5 Å². The Labute approximate surface area is 167 Å². The highest BCUT2D eigenvalue weighted by Gasteiger charge is 2.20. The van der Waals surface area contributed by atoms with Gasteiger partial charge in [-0.25, -0.2) is 9.78 Å². The maximum Gasteiger partial charge on any atom is 0.350 e. The van der Waals surface area contributed by atoms with E-state index < -0.39 is 0 Å². The van der Waals surface area contributed by atoms with E-state index in [1.807, 2.05) is 19.9 Å². The number of thiazole rings is 1. The first-order valence-electron chi connectivity index (χ1n) is 7.65. The number of rotatable bonds is 6. The fraction of sp³-hybridized carbons (Fsp3) is 0.467. The molecule has 2 heterocycles. The number of nitrogens with zero attached hydrogens (tertiary/aromatic N) is 3. The molecule has 1 atom stereocenters. The molecule has 0 bridgehead atoms. The number of H-pyrrole nitrogens is 1. The van der Waals surface area contributed by atoms with Gasteiger partial charge in [-0.2, -0.15) is 5.10 Å². The van der Waals surface area contributed by atoms with Crippen LogP contribution >= 0.6 is 35.3 Å². The molecule has 0 amide bonds. The maximum absolute atomic E-state index is 11.9. The number of hydrogen-bond donors (Lipinski definition) is 3. The summed E-state index contributed by atoms with van der Waals surface area (Å²) in [6.07, 6.45) is 1.70. The molecule has 8 nitrogen and oxygen atoms in total. The number of halogens is 1. The van der Waals surface area contributed by atoms with Crippen molar-refractivity contribution in [1.82, 2.24) is 25.8 Å². The molecule has 10 heteroatoms. The van der Waals surface area contributed by atoms with Crippen molar-refractivity contribution in [2.45, 2.75) is 33.4 Å². The lowest BCUT2D eigenvalue weighted by atomic mass is 10.3. The molecule has 2 aromatic rings. The van der Waals surface area contributed by atoms with E-state index in [4.69, 9.17) is 4.74 Å². The molecule has 2 aromatic heterocycles. The number of hydrogen-bond acceptors (Lipinski definition) is 6. The highest BCUT2D eigenvalue weighted by atomic mass is 127. The van der Waals surface area contributed by atoms with E-state index >= 15 is 0 Å². The minimum absolute atomic E-state index is 0. The Hall–Kier alpha value is -1.69. The summed E-state index contributed by atoms with van der Waals surface area (Å²) < 4.78 is 5.05. The third-order valence-corrected chi connectivity index (χ3v) is 4.55. The molecule has 0 aliphatic heterocycles. The van der Waals surface area contributed by atoms with Crippen molar-refractivity contribution in [2.24, 2.45) is 4.99 Å². The van der Waals surface area contributed by atoms with E-state index in [1.54, 1.807) is 20.2 Å². The van der Waals surface area contributed by atoms with Gasteiger partial charge in [0.2, 0.25) is 0 Å². The first-order chi connectivity index (χ1) is 11.5. The average molecular weight is 478 g/mol. The Kier molecular flexibility index (Phi) is 8.83. The number of carbonyl (C=O) groups excluding carboxylic acids is 1. The van der Waals surface area contributed by atoms with Crippen molar-refractivity contribution in [3.63, 3.8) is 0 Å². The molecule has 0 fully saturated rings. The summed E-state index contributed by atoms with van der Waals surface area (Å²) in [7, 11) is 1.70. The van der Waals surface area contributed by atoms with Crippen LogP contribution in [0.1, 0.15) is 46.0 Å². The molecule has 3 N–H and O–H groups in total. The van der Waals surface area contributed by atoms with Crippen LogP contribution in [0.15, 0.2) is 17.3 Å². The Morgan fingerprint density at radius 2 is 2.28 bits per heavy atom. The van der Waals surface area contributed by atoms with Gasteiger partial charge in [0.1, 0.15) is 9.88 Å². The first-order valence-corrected chi connectivity index (χ1v) is 8.46. The van der Waals surface area contributed by atoms with Crippen LogP contribution in [0.2, 0.25) is 0 Å². The smallest absolute Gasteiger partial charge is 0.350 e. The number of aromatic amines is 1. The van der Waals surface area contributed by atoms with Gasteiger partial charge in [-0.3, -0.25) is 10.1 Å². The average Bonchev–Trinajstić information content (AvgIpc) is 3.20. The molecule has 0 spiro atoms. The molecule has 0 radical (unpaired) electrons. The molecule has 0 aliphatic rings. The van der Waals surface area contributed by atoms with E-state index in [0.717, 1.165) is 10.7 Å². The van der Waals surface area contributed by atoms with E-state index in [0.29, 0.717) is 29.7 Å². The summed E-state index contributed by atoms with van der Waals surface area (Å²) in [5.41, 5.74) is 1.64. The minimum atomic E-state index is -0.326. The number of ether oxygens (including phenoxy) is 1. The lowest BCUT2D eigenvalue weighted by Gasteiger charge is -2.15. The van der Waals surface area contributed by atoms with Gasteiger partial charge in [0, 0.05) is 13.2 Å². The summed E-state index contributed by atoms with van der Waals surface area (Å²) in [6.45, 7) is 6.50. The quantitative estimate of drug-likeness (QED) is 0.255. The van der Waals surface area contributed by atoms with Gasteiger partial charge in [0.15, 0.2) is 5.96 Å². The van der Waals surface area contributed by atoms with Crippen molar-refractivity contribution >= 4 is 47.2 Å². The van der Waals surface area contributed by atoms with Gasteiger partial charge in [0.25, 0.3) is 0 Å². The normalized spacial score (nSPS) is 12.2. The standard InChI is InChI=1S/C15H22N6O2S.HI/c1-5-23-14(22)12-9(2)19-13(24-12)10(3)20-15(16-4)17-8-11-6-7-18-21-11;/h6-7,10H,5,8H2,1-4H3,(H,18,21)(H2,16,17,20);1H. The first kappa shape index (κ1) is 21.4. The Balaban J connectivity index is 0.00000312. The summed E-state index contributed by atoms with van der Waals surface area (Å²) in [5.74, 6) is 0.315. The molecular formula is C15H23IN6O2S. The lowest BCUT2D eigenvalue weighted by molar-refractivity contribution is 0.0531. The predicted molar refractivity (Wildman–Crippen MR) is 109 cm³/mol. The van der Waals surface area contributed by atoms with Gasteiger partial charge >= 0.3 is 5.97 Å². The fourth-order valence-electron chi connectivity index (χ4n) is 2.01. The summed E-state index contributed by atoms with van der Waals surface area (Å²) >= 11 is 1.34. The number of guanidine groups is 1. The molecule has 0 saturated heterocycles. The minimum Gasteiger partial charge on any atom is -0.462 e. The van der Waals surface area contributed by atoms with E-state index in [2.05, 4.69) is 30.8 Å². The van der Waals surface area contributed by atoms with Crippen LogP contribution in [0.5, 0.6) is 0 Å². The predicted octanol–water partition coefficient (Wildman–Crippen LogP) is 2.40. The number of aromatic nitrogens is 3. The molecule has 0 aromatic carbocycles. The van der Waals surface area contributed by atoms with Crippen LogP contribution in [0.3, 0.4) is 0 Å². The second-order valence-corrected chi connectivity index (χ2v) is 6.09. The topological polar surface area (TPSA) is 104 Å². The van der Waals surface area contributed by atoms with Crippen molar-refractivity contribution in [3.8, 4) is 0 Å². The molecule has 1 unspecified atom stereocenters. The fourth-order valence-corrected chi connectivity index (χ4v) is 2.98. The number of aliphatic imine (C=N–C) groups is 1. The van der Waals surface area contributed by atoms with Crippen LogP contribution < -0.4 is 10.6 Å². The van der Waals surface area contributed by atoms with Gasteiger partial charge in [0.05, 0.1) is 30.6 Å². The van der Waals surface area contributed by atoms with Crippen molar-refractivity contribution < 1.29 is 9.53 Å². The zero-order valence-corrected chi connectivity index (χ0v) is 17.8. The largest absolute Gasteiger partial charge is 0.462 e. The number of esters is 1. The Bertz CT molecular complexity index is 701. The highest BCUT2D eigenvalue weighted by Crippen LogP contribution is 2.24. The van der Waals surface area contributed by atoms with Crippen LogP contribution in [-0.4, -0.2) is 40.8 Å². The number of nitrogens with one attached hydrogen (secondary N) is 3. The molecule has 2 rings (SSSR count). The summed E-state index contributed by atoms with van der Waals surface area (Å²) in [4.78, 5) is 21.1. The second-order valence-electron chi connectivity index (χ2n) is 5.06. The van der Waals surface area contributed by atoms with Crippen LogP contribution in [0.4, 0.5) is 0 Å². The van der Waals surface area contributed by atoms with E-state index in [-0.39, 0.29) is 36.0 Å². The number of aryl methyl sites for hydroxylation is 1. The van der Waals surface area contributed by atoms with Gasteiger partial charge in [-0.05, 0) is 26.8 Å². The summed E-state index contributed by atoms with van der Waals surface area (Å²) in [5, 5.41) is 14.0. The Morgan fingerprint density at radius 3 is 2.88 bits per heavy atom. The van der Waals surface area contributed by atoms with Crippen molar-refractivity contribution in [2.75, 3.05) is 13.7 Å². The van der Waals surface area contributed by atoms with Crippen LogP contribution in [0.25, 0.3) is 0 Å². The van der Waals surface area contributed by atoms with Gasteiger partial charge in [-0.1, -0.05) is 0 Å². The van der Waals surface area contributed by atoms with Gasteiger partial charge in [-0.15, -0.1) is 35.3 Å². The molecule has 138 valence electrons. The third kappa shape index (κ3) is 5.96. The molecule has 25 heavy (non-hydrogen) atoms. The zero-order chi connectivity index (χ0) is 17.5. The molecule has 0 aliphatic carbocycles. The van der Waals surface area contributed by atoms with E-state index in [9.17, 15) is 4.79 Å². The molecular weight excluding hydrogens is 455 g/mol. The zero-order valence-electron chi connectivity index (χ0n) is 14.6. The lowest BCUT2D eigenvalue weighted by Crippen LogP contribution is -2.38. The Morgan fingerprint density at radius 1 is 1.52 bits per heavy atom. The van der Waals surface area contributed by atoms with Crippen LogP contribution in [-0.2, 0) is 11.3 Å². The van der Waals surface area contributed by atoms with E-state index in [1.165, 1.54) is 11.3 Å². The number of carbonyl (C=O) groups is 1. The third-order valence-electron chi connectivity index (χ3n) is 3.23. The van der Waals surface area contributed by atoms with Gasteiger partial charge < -0.3 is 15.4 Å². The van der Waals surface area contributed by atoms with Crippen molar-refractivity contribution in [1.29, 1.82) is 0 Å². The maximum atomic E-state index is 11.9. The summed E-state index contributed by atoms with van der Waals surface area (Å²) in [6, 6.07) is 1.80. The highest BCUT2D eigenvalue weighted by molar-refractivity contribution is 14.0. The molecule has 0 saturated carbocycles. The monoisotopic (exact) mass is 478 g/mol.